The Morgan fingerprint density at radius 2 is 2.00 bits per heavy atom. The van der Waals surface area contributed by atoms with Crippen LogP contribution in [-0.2, 0) is 11.3 Å². The molecule has 0 saturated carbocycles. The molecule has 1 aliphatic rings. The number of aromatic nitrogens is 1. The third kappa shape index (κ3) is 4.84. The van der Waals surface area contributed by atoms with Crippen molar-refractivity contribution in [1.82, 2.24) is 20.1 Å². The summed E-state index contributed by atoms with van der Waals surface area (Å²) in [5.41, 5.74) is 1.98. The van der Waals surface area contributed by atoms with Crippen molar-refractivity contribution in [1.29, 1.82) is 0 Å². The van der Waals surface area contributed by atoms with E-state index in [-0.39, 0.29) is 6.09 Å². The monoisotopic (exact) mass is 319 g/mol. The second-order valence-corrected chi connectivity index (χ2v) is 5.34. The van der Waals surface area contributed by atoms with Crippen LogP contribution in [0.1, 0.15) is 18.3 Å². The van der Waals surface area contributed by atoms with Crippen molar-refractivity contribution in [2.45, 2.75) is 20.4 Å². The number of carbonyl (C=O) groups is 1. The Kier molecular flexibility index (Phi) is 6.19. The van der Waals surface area contributed by atoms with Crippen LogP contribution in [0, 0.1) is 6.92 Å². The Morgan fingerprint density at radius 1 is 1.30 bits per heavy atom. The number of carbonyl (C=O) groups excluding carboxylic acids is 1. The summed E-state index contributed by atoms with van der Waals surface area (Å²) in [5.74, 6) is 0.830. The number of amides is 1. The van der Waals surface area contributed by atoms with Crippen LogP contribution in [-0.4, -0.2) is 66.7 Å². The van der Waals surface area contributed by atoms with E-state index >= 15 is 0 Å². The Bertz CT molecular complexity index is 553. The number of ether oxygens (including phenoxy) is 1. The highest BCUT2D eigenvalue weighted by Gasteiger charge is 2.23. The number of hydrogen-bond acceptors (Lipinski definition) is 4. The Morgan fingerprint density at radius 3 is 2.61 bits per heavy atom. The SMILES string of the molecule is CCOC(=O)N1CCN(C(=NC)NCc2cccc(C)n2)CC1. The first-order chi connectivity index (χ1) is 11.1. The number of nitrogens with zero attached hydrogens (tertiary/aromatic N) is 4. The van der Waals surface area contributed by atoms with E-state index in [2.05, 4.69) is 20.2 Å². The molecule has 0 unspecified atom stereocenters. The fraction of sp³-hybridized carbons (Fsp3) is 0.562. The van der Waals surface area contributed by atoms with Gasteiger partial charge in [0.05, 0.1) is 18.8 Å². The number of guanidine groups is 1. The quantitative estimate of drug-likeness (QED) is 0.670. The van der Waals surface area contributed by atoms with Gasteiger partial charge in [-0.15, -0.1) is 0 Å². The number of nitrogens with one attached hydrogen (secondary N) is 1. The van der Waals surface area contributed by atoms with Crippen LogP contribution < -0.4 is 5.32 Å². The molecule has 1 saturated heterocycles. The topological polar surface area (TPSA) is 70.1 Å². The Balaban J connectivity index is 1.84. The summed E-state index contributed by atoms with van der Waals surface area (Å²) in [6.45, 7) is 7.59. The summed E-state index contributed by atoms with van der Waals surface area (Å²) in [4.78, 5) is 24.4. The molecule has 1 N–H and O–H groups in total. The molecular weight excluding hydrogens is 294 g/mol. The van der Waals surface area contributed by atoms with Gasteiger partial charge in [0, 0.05) is 38.9 Å². The molecule has 126 valence electrons. The fourth-order valence-corrected chi connectivity index (χ4v) is 2.52. The molecule has 1 aromatic heterocycles. The highest BCUT2D eigenvalue weighted by molar-refractivity contribution is 5.80. The smallest absolute Gasteiger partial charge is 0.409 e. The molecule has 0 atom stereocenters. The molecule has 0 aliphatic carbocycles. The molecular formula is C16H25N5O2. The summed E-state index contributed by atoms with van der Waals surface area (Å²) < 4.78 is 5.03. The van der Waals surface area contributed by atoms with E-state index in [1.165, 1.54) is 0 Å². The van der Waals surface area contributed by atoms with Crippen LogP contribution in [0.5, 0.6) is 0 Å². The first kappa shape index (κ1) is 17.1. The average Bonchev–Trinajstić information content (AvgIpc) is 2.56. The minimum Gasteiger partial charge on any atom is -0.450 e. The van der Waals surface area contributed by atoms with E-state index < -0.39 is 0 Å². The van der Waals surface area contributed by atoms with Crippen LogP contribution in [0.4, 0.5) is 4.79 Å². The normalized spacial score (nSPS) is 15.5. The van der Waals surface area contributed by atoms with E-state index in [9.17, 15) is 4.79 Å². The highest BCUT2D eigenvalue weighted by Crippen LogP contribution is 2.05. The maximum Gasteiger partial charge on any atom is 0.409 e. The molecule has 0 aromatic carbocycles. The number of aliphatic imine (C=N–C) groups is 1. The van der Waals surface area contributed by atoms with Gasteiger partial charge in [-0.25, -0.2) is 4.79 Å². The predicted octanol–water partition coefficient (Wildman–Crippen LogP) is 1.24. The van der Waals surface area contributed by atoms with Gasteiger partial charge in [0.1, 0.15) is 0 Å². The van der Waals surface area contributed by atoms with Crippen LogP contribution in [0.25, 0.3) is 0 Å². The van der Waals surface area contributed by atoms with Crippen LogP contribution in [0.15, 0.2) is 23.2 Å². The molecule has 1 aromatic rings. The van der Waals surface area contributed by atoms with Gasteiger partial charge >= 0.3 is 6.09 Å². The third-order valence-electron chi connectivity index (χ3n) is 3.69. The zero-order valence-electron chi connectivity index (χ0n) is 14.1. The van der Waals surface area contributed by atoms with Crippen molar-refractivity contribution < 1.29 is 9.53 Å². The molecule has 1 fully saturated rings. The van der Waals surface area contributed by atoms with Gasteiger partial charge in [-0.05, 0) is 26.0 Å². The maximum absolute atomic E-state index is 11.7. The zero-order chi connectivity index (χ0) is 16.7. The number of rotatable bonds is 3. The first-order valence-electron chi connectivity index (χ1n) is 7.94. The number of aryl methyl sites for hydroxylation is 1. The molecule has 2 rings (SSSR count). The zero-order valence-corrected chi connectivity index (χ0v) is 14.1. The van der Waals surface area contributed by atoms with E-state index in [4.69, 9.17) is 4.74 Å². The van der Waals surface area contributed by atoms with Crippen LogP contribution in [0.3, 0.4) is 0 Å². The molecule has 2 heterocycles. The maximum atomic E-state index is 11.7. The lowest BCUT2D eigenvalue weighted by Gasteiger charge is -2.35. The molecule has 7 heteroatoms. The van der Waals surface area contributed by atoms with Gasteiger partial charge in [-0.2, -0.15) is 0 Å². The van der Waals surface area contributed by atoms with Gasteiger partial charge < -0.3 is 19.9 Å². The van der Waals surface area contributed by atoms with Crippen molar-refractivity contribution in [3.8, 4) is 0 Å². The van der Waals surface area contributed by atoms with Gasteiger partial charge in [-0.3, -0.25) is 9.98 Å². The van der Waals surface area contributed by atoms with Crippen molar-refractivity contribution >= 4 is 12.1 Å². The number of piperazine rings is 1. The Labute approximate surface area is 137 Å². The van der Waals surface area contributed by atoms with E-state index in [0.717, 1.165) is 30.4 Å². The largest absolute Gasteiger partial charge is 0.450 e. The van der Waals surface area contributed by atoms with Crippen LogP contribution >= 0.6 is 0 Å². The lowest BCUT2D eigenvalue weighted by Crippen LogP contribution is -2.53. The number of pyridine rings is 1. The van der Waals surface area contributed by atoms with Crippen molar-refractivity contribution in [3.05, 3.63) is 29.6 Å². The lowest BCUT2D eigenvalue weighted by molar-refractivity contribution is 0.0914. The van der Waals surface area contributed by atoms with Crippen molar-refractivity contribution in [2.75, 3.05) is 39.8 Å². The van der Waals surface area contributed by atoms with Gasteiger partial charge in [0.2, 0.25) is 0 Å². The van der Waals surface area contributed by atoms with E-state index in [0.29, 0.717) is 26.2 Å². The average molecular weight is 319 g/mol. The summed E-state index contributed by atoms with van der Waals surface area (Å²) in [7, 11) is 1.77. The third-order valence-corrected chi connectivity index (χ3v) is 3.69. The van der Waals surface area contributed by atoms with Crippen LogP contribution in [0.2, 0.25) is 0 Å². The minimum atomic E-state index is -0.237. The van der Waals surface area contributed by atoms with Gasteiger partial charge in [-0.1, -0.05) is 6.07 Å². The van der Waals surface area contributed by atoms with Crippen molar-refractivity contribution in [2.24, 2.45) is 4.99 Å². The number of hydrogen-bond donors (Lipinski definition) is 1. The molecule has 0 spiro atoms. The fourth-order valence-electron chi connectivity index (χ4n) is 2.52. The summed E-state index contributed by atoms with van der Waals surface area (Å²) in [5, 5.41) is 3.33. The summed E-state index contributed by atoms with van der Waals surface area (Å²) in [6.07, 6.45) is -0.237. The van der Waals surface area contributed by atoms with Crippen molar-refractivity contribution in [3.63, 3.8) is 0 Å². The standard InChI is InChI=1S/C16H25N5O2/c1-4-23-16(22)21-10-8-20(9-11-21)15(17-3)18-12-14-7-5-6-13(2)19-14/h5-7H,4,8-12H2,1-3H3,(H,17,18). The molecule has 0 radical (unpaired) electrons. The summed E-state index contributed by atoms with van der Waals surface area (Å²) in [6, 6.07) is 5.97. The molecule has 23 heavy (non-hydrogen) atoms. The minimum absolute atomic E-state index is 0.237. The van der Waals surface area contributed by atoms with E-state index in [1.807, 2.05) is 32.0 Å². The second kappa shape index (κ2) is 8.36. The predicted molar refractivity (Wildman–Crippen MR) is 89.3 cm³/mol. The Hall–Kier alpha value is -2.31. The molecule has 1 amide bonds. The van der Waals surface area contributed by atoms with E-state index in [1.54, 1.807) is 11.9 Å². The summed E-state index contributed by atoms with van der Waals surface area (Å²) >= 11 is 0. The molecule has 7 nitrogen and oxygen atoms in total. The first-order valence-corrected chi connectivity index (χ1v) is 7.94. The lowest BCUT2D eigenvalue weighted by atomic mass is 10.3. The molecule has 1 aliphatic heterocycles. The highest BCUT2D eigenvalue weighted by atomic mass is 16.6. The van der Waals surface area contributed by atoms with Gasteiger partial charge in [0.15, 0.2) is 5.96 Å². The molecule has 0 bridgehead atoms. The van der Waals surface area contributed by atoms with Gasteiger partial charge in [0.25, 0.3) is 0 Å². The second-order valence-electron chi connectivity index (χ2n) is 5.34.